The summed E-state index contributed by atoms with van der Waals surface area (Å²) in [6, 6.07) is 24.3. The van der Waals surface area contributed by atoms with Gasteiger partial charge in [0.05, 0.1) is 5.57 Å². The first kappa shape index (κ1) is 60.1. The van der Waals surface area contributed by atoms with Crippen LogP contribution >= 0.6 is 0 Å². The number of hydrogen-bond donors (Lipinski definition) is 0. The van der Waals surface area contributed by atoms with Crippen molar-refractivity contribution in [1.29, 1.82) is 0 Å². The molecule has 0 radical (unpaired) electrons. The third-order valence-corrected chi connectivity index (χ3v) is 11.2. The summed E-state index contributed by atoms with van der Waals surface area (Å²) >= 11 is 0. The Hall–Kier alpha value is -11.1. The lowest BCUT2D eigenvalue weighted by Gasteiger charge is -2.15. The van der Waals surface area contributed by atoms with E-state index in [9.17, 15) is 38.4 Å². The Balaban J connectivity index is 1.23. The molecule has 82 heavy (non-hydrogen) atoms. The van der Waals surface area contributed by atoms with Crippen LogP contribution in [0.4, 0.5) is 8.78 Å². The third kappa shape index (κ3) is 15.1. The zero-order valence-electron chi connectivity index (χ0n) is 44.4. The van der Waals surface area contributed by atoms with E-state index in [-0.39, 0.29) is 90.5 Å². The van der Waals surface area contributed by atoms with E-state index in [1.807, 2.05) is 0 Å². The molecule has 414 valence electrons. The van der Waals surface area contributed by atoms with Crippen LogP contribution in [0.25, 0.3) is 44.5 Å². The van der Waals surface area contributed by atoms with Gasteiger partial charge < -0.3 is 37.9 Å². The van der Waals surface area contributed by atoms with E-state index in [0.29, 0.717) is 22.3 Å². The molecule has 0 aliphatic heterocycles. The molecule has 0 aliphatic carbocycles. The van der Waals surface area contributed by atoms with Gasteiger partial charge >= 0.3 is 47.8 Å². The number of ether oxygens (including phenoxy) is 8. The fourth-order valence-electron chi connectivity index (χ4n) is 6.98. The van der Waals surface area contributed by atoms with Crippen LogP contribution in [0.3, 0.4) is 0 Å². The van der Waals surface area contributed by atoms with Gasteiger partial charge in [-0.2, -0.15) is 0 Å². The summed E-state index contributed by atoms with van der Waals surface area (Å²) in [6.07, 6.45) is 3.67. The van der Waals surface area contributed by atoms with Crippen LogP contribution in [0, 0.1) is 11.6 Å². The van der Waals surface area contributed by atoms with E-state index in [1.165, 1.54) is 125 Å². The number of halogens is 2. The topological polar surface area (TPSA) is 210 Å². The summed E-state index contributed by atoms with van der Waals surface area (Å²) in [5, 5.41) is 0. The number of carbonyl (C=O) groups excluding carboxylic acids is 8. The van der Waals surface area contributed by atoms with Crippen molar-refractivity contribution in [3.8, 4) is 90.5 Å². The highest BCUT2D eigenvalue weighted by atomic mass is 19.1. The molecule has 6 aromatic carbocycles. The van der Waals surface area contributed by atoms with Gasteiger partial charge in [0, 0.05) is 51.6 Å². The Kier molecular flexibility index (Phi) is 19.4. The minimum Gasteiger partial charge on any atom is -0.419 e. The van der Waals surface area contributed by atoms with Crippen LogP contribution in [-0.2, 0) is 38.4 Å². The summed E-state index contributed by atoms with van der Waals surface area (Å²) in [4.78, 5) is 101. The van der Waals surface area contributed by atoms with Gasteiger partial charge in [-0.25, -0.2) is 47.1 Å². The maximum absolute atomic E-state index is 16.1. The van der Waals surface area contributed by atoms with Gasteiger partial charge in [0.2, 0.25) is 0 Å². The summed E-state index contributed by atoms with van der Waals surface area (Å²) in [7, 11) is 0. The van der Waals surface area contributed by atoms with Crippen LogP contribution in [-0.4, -0.2) is 47.8 Å². The van der Waals surface area contributed by atoms with E-state index in [0.717, 1.165) is 30.4 Å². The van der Waals surface area contributed by atoms with Crippen molar-refractivity contribution in [3.63, 3.8) is 0 Å². The lowest BCUT2D eigenvalue weighted by atomic mass is 9.99. The molecular formula is C64H48F2O16. The number of rotatable bonds is 21. The second-order valence-corrected chi connectivity index (χ2v) is 17.6. The molecule has 16 nitrogen and oxygen atoms in total. The van der Waals surface area contributed by atoms with Crippen LogP contribution < -0.4 is 37.9 Å². The largest absolute Gasteiger partial charge is 0.419 e. The van der Waals surface area contributed by atoms with Crippen molar-refractivity contribution in [2.75, 3.05) is 0 Å². The molecule has 0 atom stereocenters. The molecule has 0 amide bonds. The molecule has 6 rings (SSSR count). The lowest BCUT2D eigenvalue weighted by Crippen LogP contribution is -2.15. The highest BCUT2D eigenvalue weighted by molar-refractivity contribution is 5.98. The molecule has 0 fully saturated rings. The first-order chi connectivity index (χ1) is 38.9. The fourth-order valence-corrected chi connectivity index (χ4v) is 6.98. The monoisotopic (exact) mass is 1110 g/mol. The quantitative estimate of drug-likeness (QED) is 0.0284. The average Bonchev–Trinajstić information content (AvgIpc) is 3.61. The minimum absolute atomic E-state index is 0.0105. The Morgan fingerprint density at radius 3 is 0.963 bits per heavy atom. The van der Waals surface area contributed by atoms with Crippen LogP contribution in [0.1, 0.15) is 27.7 Å². The molecule has 0 saturated carbocycles. The predicted octanol–water partition coefficient (Wildman–Crippen LogP) is 12.4. The highest BCUT2D eigenvalue weighted by Crippen LogP contribution is 2.40. The average molecular weight is 1110 g/mol. The molecular weight excluding hydrogens is 1060 g/mol. The minimum atomic E-state index is -1.16. The van der Waals surface area contributed by atoms with Gasteiger partial charge in [0.25, 0.3) is 0 Å². The van der Waals surface area contributed by atoms with Gasteiger partial charge in [-0.05, 0) is 128 Å². The van der Waals surface area contributed by atoms with Crippen molar-refractivity contribution >= 4 is 47.8 Å². The SMILES string of the molecule is C=CC(=O)Oc1ccc(-c2ccc(-c3ccc(OC(=O)C=C)c(OC(=O)C(=C)C=C(C)C(=O)Oc4ccc(-c5ccc(-c6ccc(OC(=O)C(=C)C)c(OC(=O)C(=C)C)c6)cc5F)cc4OC(=O)C(=C)C)c3)c(F)c2)cc1OC(=O)C=C. The second kappa shape index (κ2) is 26.5. The molecule has 6 aromatic rings. The van der Waals surface area contributed by atoms with E-state index in [4.69, 9.17) is 37.9 Å². The molecule has 0 aliphatic rings. The van der Waals surface area contributed by atoms with E-state index in [1.54, 1.807) is 6.07 Å². The van der Waals surface area contributed by atoms with Crippen molar-refractivity contribution in [3.05, 3.63) is 219 Å². The zero-order valence-corrected chi connectivity index (χ0v) is 44.4. The van der Waals surface area contributed by atoms with E-state index < -0.39 is 65.0 Å². The Labute approximate surface area is 468 Å². The van der Waals surface area contributed by atoms with Crippen molar-refractivity contribution in [2.45, 2.75) is 27.7 Å². The molecule has 0 bridgehead atoms. The van der Waals surface area contributed by atoms with Gasteiger partial charge in [0.15, 0.2) is 46.0 Å². The van der Waals surface area contributed by atoms with Crippen LogP contribution in [0.15, 0.2) is 207 Å². The Morgan fingerprint density at radius 2 is 0.610 bits per heavy atom. The lowest BCUT2D eigenvalue weighted by molar-refractivity contribution is -0.132. The molecule has 18 heteroatoms. The van der Waals surface area contributed by atoms with Crippen LogP contribution in [0.2, 0.25) is 0 Å². The summed E-state index contributed by atoms with van der Waals surface area (Å²) < 4.78 is 75.3. The molecule has 0 saturated heterocycles. The highest BCUT2D eigenvalue weighted by Gasteiger charge is 2.23. The van der Waals surface area contributed by atoms with Gasteiger partial charge in [-0.15, -0.1) is 0 Å². The molecule has 0 unspecified atom stereocenters. The zero-order chi connectivity index (χ0) is 60.1. The first-order valence-electron chi connectivity index (χ1n) is 24.0. The molecule has 0 spiro atoms. The van der Waals surface area contributed by atoms with E-state index in [2.05, 4.69) is 46.1 Å². The van der Waals surface area contributed by atoms with Crippen molar-refractivity contribution in [1.82, 2.24) is 0 Å². The smallest absolute Gasteiger partial charge is 0.343 e. The molecule has 0 aromatic heterocycles. The number of esters is 8. The van der Waals surface area contributed by atoms with E-state index >= 15 is 8.78 Å². The first-order valence-corrected chi connectivity index (χ1v) is 24.0. The van der Waals surface area contributed by atoms with Gasteiger partial charge in [0.1, 0.15) is 11.6 Å². The number of hydrogen-bond acceptors (Lipinski definition) is 16. The number of benzene rings is 6. The van der Waals surface area contributed by atoms with Crippen LogP contribution in [0.5, 0.6) is 46.0 Å². The Bertz CT molecular complexity index is 3800. The molecule has 0 heterocycles. The van der Waals surface area contributed by atoms with Gasteiger partial charge in [-0.1, -0.05) is 94.6 Å². The normalized spacial score (nSPS) is 10.6. The summed E-state index contributed by atoms with van der Waals surface area (Å²) in [5.41, 5.74) is 1.08. The summed E-state index contributed by atoms with van der Waals surface area (Å²) in [5.74, 6) is -10.7. The maximum atomic E-state index is 16.1. The predicted molar refractivity (Wildman–Crippen MR) is 298 cm³/mol. The van der Waals surface area contributed by atoms with Gasteiger partial charge in [-0.3, -0.25) is 0 Å². The third-order valence-electron chi connectivity index (χ3n) is 11.2. The Morgan fingerprint density at radius 1 is 0.341 bits per heavy atom. The summed E-state index contributed by atoms with van der Waals surface area (Å²) in [6.45, 7) is 30.0. The molecule has 0 N–H and O–H groups in total. The van der Waals surface area contributed by atoms with Crippen molar-refractivity contribution < 1.29 is 85.0 Å². The second-order valence-electron chi connectivity index (χ2n) is 17.6. The fraction of sp³-hybridized carbons (Fsp3) is 0.0625. The maximum Gasteiger partial charge on any atom is 0.343 e. The standard InChI is InChI=1S/C64H48F2O16/c1-12-57(67)75-49-23-17-41(30-53(49)77-59(69)14-3)39-15-21-45(47(65)28-39)43-19-25-50(76-58(68)13-2)55(32-43)82-64(74)38(11)27-37(10)63(73)79-52-26-20-44(33-56(52)81-62(72)36(8)9)46-22-16-40(29-48(46)66)42-18-24-51(78-60(70)34(4)5)54(31-42)80-61(71)35(6)7/h12-33H,1-4,6,8,11H2,5,7,9-10H3. The van der Waals surface area contributed by atoms with Crippen molar-refractivity contribution in [2.24, 2.45) is 0 Å². The number of carbonyl (C=O) groups is 8.